The van der Waals surface area contributed by atoms with Gasteiger partial charge >= 0.3 is 0 Å². The molecule has 1 heterocycles. The molecule has 78 valence electrons. The molecule has 4 N–H and O–H groups in total. The van der Waals surface area contributed by atoms with Crippen LogP contribution in [0.5, 0.6) is 0 Å². The standard InChI is InChI=1S/C9H20N2O2/c10-5-8(12)6-11-7-9-3-1-2-4-13-9/h8-9,11-12H,1-7,10H2. The lowest BCUT2D eigenvalue weighted by Crippen LogP contribution is -2.38. The molecule has 0 bridgehead atoms. The summed E-state index contributed by atoms with van der Waals surface area (Å²) in [5, 5.41) is 12.3. The van der Waals surface area contributed by atoms with E-state index in [2.05, 4.69) is 5.32 Å². The Labute approximate surface area is 79.5 Å². The fraction of sp³-hybridized carbons (Fsp3) is 1.00. The first kappa shape index (κ1) is 10.9. The lowest BCUT2D eigenvalue weighted by molar-refractivity contribution is 0.0154. The highest BCUT2D eigenvalue weighted by Crippen LogP contribution is 2.11. The third kappa shape index (κ3) is 4.57. The number of hydrogen-bond acceptors (Lipinski definition) is 4. The minimum atomic E-state index is -0.427. The first-order chi connectivity index (χ1) is 6.33. The Morgan fingerprint density at radius 3 is 3.00 bits per heavy atom. The van der Waals surface area contributed by atoms with Gasteiger partial charge < -0.3 is 20.9 Å². The molecule has 0 amide bonds. The molecular weight excluding hydrogens is 168 g/mol. The Morgan fingerprint density at radius 1 is 1.54 bits per heavy atom. The second-order valence-electron chi connectivity index (χ2n) is 3.54. The SMILES string of the molecule is NCC(O)CNCC1CCCCO1. The fourth-order valence-corrected chi connectivity index (χ4v) is 1.46. The predicted molar refractivity (Wildman–Crippen MR) is 51.5 cm³/mol. The maximum atomic E-state index is 9.16. The summed E-state index contributed by atoms with van der Waals surface area (Å²) in [6.45, 7) is 2.59. The van der Waals surface area contributed by atoms with Crippen molar-refractivity contribution in [2.75, 3.05) is 26.2 Å². The highest BCUT2D eigenvalue weighted by atomic mass is 16.5. The van der Waals surface area contributed by atoms with Crippen LogP contribution in [-0.4, -0.2) is 43.6 Å². The fourth-order valence-electron chi connectivity index (χ4n) is 1.46. The molecule has 0 aromatic rings. The third-order valence-corrected chi connectivity index (χ3v) is 2.30. The second-order valence-corrected chi connectivity index (χ2v) is 3.54. The second kappa shape index (κ2) is 6.32. The van der Waals surface area contributed by atoms with E-state index in [1.165, 1.54) is 12.8 Å². The number of hydrogen-bond donors (Lipinski definition) is 3. The van der Waals surface area contributed by atoms with Crippen LogP contribution in [0.3, 0.4) is 0 Å². The molecule has 0 aliphatic carbocycles. The van der Waals surface area contributed by atoms with Crippen molar-refractivity contribution < 1.29 is 9.84 Å². The van der Waals surface area contributed by atoms with E-state index in [1.54, 1.807) is 0 Å². The zero-order chi connectivity index (χ0) is 9.52. The Kier molecular flexibility index (Phi) is 5.31. The van der Waals surface area contributed by atoms with E-state index in [-0.39, 0.29) is 0 Å². The van der Waals surface area contributed by atoms with E-state index >= 15 is 0 Å². The van der Waals surface area contributed by atoms with Gasteiger partial charge in [-0.1, -0.05) is 0 Å². The summed E-state index contributed by atoms with van der Waals surface area (Å²) in [5.74, 6) is 0. The van der Waals surface area contributed by atoms with Gasteiger partial charge in [0, 0.05) is 26.2 Å². The summed E-state index contributed by atoms with van der Waals surface area (Å²) < 4.78 is 5.52. The van der Waals surface area contributed by atoms with Gasteiger partial charge in [0.2, 0.25) is 0 Å². The molecule has 0 saturated carbocycles. The van der Waals surface area contributed by atoms with Gasteiger partial charge in [-0.3, -0.25) is 0 Å². The Bertz CT molecular complexity index is 127. The molecule has 1 aliphatic heterocycles. The minimum Gasteiger partial charge on any atom is -0.390 e. The molecule has 2 atom stereocenters. The summed E-state index contributed by atoms with van der Waals surface area (Å²) in [5.41, 5.74) is 5.27. The van der Waals surface area contributed by atoms with Crippen LogP contribution in [0, 0.1) is 0 Å². The van der Waals surface area contributed by atoms with Crippen molar-refractivity contribution in [3.63, 3.8) is 0 Å². The van der Waals surface area contributed by atoms with Gasteiger partial charge in [-0.05, 0) is 19.3 Å². The maximum Gasteiger partial charge on any atom is 0.0786 e. The van der Waals surface area contributed by atoms with Gasteiger partial charge in [0.25, 0.3) is 0 Å². The molecule has 2 unspecified atom stereocenters. The summed E-state index contributed by atoms with van der Waals surface area (Å²) in [7, 11) is 0. The number of nitrogens with one attached hydrogen (secondary N) is 1. The molecule has 4 nitrogen and oxygen atoms in total. The number of aliphatic hydroxyl groups is 1. The van der Waals surface area contributed by atoms with E-state index in [4.69, 9.17) is 15.6 Å². The molecular formula is C9H20N2O2. The van der Waals surface area contributed by atoms with Crippen LogP contribution in [0.1, 0.15) is 19.3 Å². The smallest absolute Gasteiger partial charge is 0.0786 e. The van der Waals surface area contributed by atoms with Crippen LogP contribution >= 0.6 is 0 Å². The van der Waals surface area contributed by atoms with Crippen molar-refractivity contribution in [2.24, 2.45) is 5.73 Å². The van der Waals surface area contributed by atoms with Gasteiger partial charge in [-0.2, -0.15) is 0 Å². The van der Waals surface area contributed by atoms with E-state index in [1.807, 2.05) is 0 Å². The van der Waals surface area contributed by atoms with Crippen LogP contribution < -0.4 is 11.1 Å². The molecule has 0 spiro atoms. The zero-order valence-electron chi connectivity index (χ0n) is 8.04. The average molecular weight is 188 g/mol. The van der Waals surface area contributed by atoms with Crippen LogP contribution in [0.15, 0.2) is 0 Å². The van der Waals surface area contributed by atoms with E-state index < -0.39 is 6.10 Å². The molecule has 1 saturated heterocycles. The van der Waals surface area contributed by atoms with Gasteiger partial charge in [-0.25, -0.2) is 0 Å². The average Bonchev–Trinajstić information content (AvgIpc) is 2.19. The van der Waals surface area contributed by atoms with Crippen LogP contribution in [0.2, 0.25) is 0 Å². The summed E-state index contributed by atoms with van der Waals surface area (Å²) in [4.78, 5) is 0. The third-order valence-electron chi connectivity index (χ3n) is 2.30. The van der Waals surface area contributed by atoms with Crippen molar-refractivity contribution in [3.8, 4) is 0 Å². The minimum absolute atomic E-state index is 0.318. The summed E-state index contributed by atoms with van der Waals surface area (Å²) in [6, 6.07) is 0. The highest BCUT2D eigenvalue weighted by Gasteiger charge is 2.13. The molecule has 4 heteroatoms. The number of aliphatic hydroxyl groups excluding tert-OH is 1. The Hall–Kier alpha value is -0.160. The van der Waals surface area contributed by atoms with Crippen molar-refractivity contribution in [1.29, 1.82) is 0 Å². The van der Waals surface area contributed by atoms with Crippen molar-refractivity contribution in [1.82, 2.24) is 5.32 Å². The molecule has 13 heavy (non-hydrogen) atoms. The van der Waals surface area contributed by atoms with Crippen molar-refractivity contribution in [2.45, 2.75) is 31.5 Å². The van der Waals surface area contributed by atoms with Gasteiger partial charge in [0.15, 0.2) is 0 Å². The van der Waals surface area contributed by atoms with Crippen molar-refractivity contribution >= 4 is 0 Å². The Morgan fingerprint density at radius 2 is 2.38 bits per heavy atom. The maximum absolute atomic E-state index is 9.16. The predicted octanol–water partition coefficient (Wildman–Crippen LogP) is -0.535. The Balaban J connectivity index is 1.98. The lowest BCUT2D eigenvalue weighted by atomic mass is 10.1. The highest BCUT2D eigenvalue weighted by molar-refractivity contribution is 4.68. The quantitative estimate of drug-likeness (QED) is 0.542. The molecule has 0 aromatic carbocycles. The van der Waals surface area contributed by atoms with E-state index in [0.29, 0.717) is 19.2 Å². The van der Waals surface area contributed by atoms with Gasteiger partial charge in [0.1, 0.15) is 0 Å². The largest absolute Gasteiger partial charge is 0.390 e. The van der Waals surface area contributed by atoms with Gasteiger partial charge in [-0.15, -0.1) is 0 Å². The topological polar surface area (TPSA) is 67.5 Å². The lowest BCUT2D eigenvalue weighted by Gasteiger charge is -2.23. The van der Waals surface area contributed by atoms with Crippen LogP contribution in [-0.2, 0) is 4.74 Å². The first-order valence-electron chi connectivity index (χ1n) is 5.03. The monoisotopic (exact) mass is 188 g/mol. The number of rotatable bonds is 5. The molecule has 1 rings (SSSR count). The summed E-state index contributed by atoms with van der Waals surface area (Å²) in [6.07, 6.45) is 3.47. The normalized spacial score (nSPS) is 25.8. The van der Waals surface area contributed by atoms with Crippen molar-refractivity contribution in [3.05, 3.63) is 0 Å². The molecule has 0 radical (unpaired) electrons. The number of ether oxygens (including phenoxy) is 1. The molecule has 1 fully saturated rings. The van der Waals surface area contributed by atoms with E-state index in [9.17, 15) is 0 Å². The van der Waals surface area contributed by atoms with Crippen LogP contribution in [0.4, 0.5) is 0 Å². The van der Waals surface area contributed by atoms with E-state index in [0.717, 1.165) is 19.6 Å². The molecule has 0 aromatic heterocycles. The number of nitrogens with two attached hydrogens (primary N) is 1. The summed E-state index contributed by atoms with van der Waals surface area (Å²) >= 11 is 0. The molecule has 1 aliphatic rings. The first-order valence-corrected chi connectivity index (χ1v) is 5.03. The van der Waals surface area contributed by atoms with Crippen LogP contribution in [0.25, 0.3) is 0 Å². The van der Waals surface area contributed by atoms with Gasteiger partial charge in [0.05, 0.1) is 12.2 Å². The zero-order valence-corrected chi connectivity index (χ0v) is 8.04.